The van der Waals surface area contributed by atoms with Crippen molar-refractivity contribution in [2.75, 3.05) is 50.9 Å². The summed E-state index contributed by atoms with van der Waals surface area (Å²) in [7, 11) is 0. The van der Waals surface area contributed by atoms with Crippen molar-refractivity contribution < 1.29 is 23.8 Å². The molecule has 1 unspecified atom stereocenters. The summed E-state index contributed by atoms with van der Waals surface area (Å²) in [5.41, 5.74) is 4.64. The first kappa shape index (κ1) is 29.7. The Morgan fingerprint density at radius 2 is 1.63 bits per heavy atom. The lowest BCUT2D eigenvalue weighted by molar-refractivity contribution is -0.121. The molecule has 10 nitrogen and oxygen atoms in total. The van der Waals surface area contributed by atoms with Gasteiger partial charge in [-0.15, -0.1) is 0 Å². The molecule has 46 heavy (non-hydrogen) atoms. The Bertz CT molecular complexity index is 1690. The molecule has 4 aromatic rings. The van der Waals surface area contributed by atoms with Crippen LogP contribution in [0.15, 0.2) is 79.1 Å². The molecule has 1 aromatic heterocycles. The van der Waals surface area contributed by atoms with Gasteiger partial charge in [0.1, 0.15) is 17.2 Å². The standard InChI is InChI=1S/C36H37N5O5/c42-33-12-7-25-5-8-29(9-6-25)46-31-10-11-32-26(21-31)13-15-41(34(32)27-3-1-4-30(22-27)45-18-2-14-37-33)35(43)28-23-38-36(39-24-28)40-16-19-44-20-17-40/h1,3-6,8-11,21-24,34H,2,7,12-20H2,(H,37,42). The highest BCUT2D eigenvalue weighted by Crippen LogP contribution is 2.39. The number of ether oxygens (including phenoxy) is 3. The van der Waals surface area contributed by atoms with Gasteiger partial charge < -0.3 is 29.3 Å². The number of aryl methyl sites for hydroxylation is 1. The van der Waals surface area contributed by atoms with Gasteiger partial charge in [-0.3, -0.25) is 9.59 Å². The Balaban J connectivity index is 1.21. The van der Waals surface area contributed by atoms with E-state index in [2.05, 4.69) is 32.3 Å². The fraction of sp³-hybridized carbons (Fsp3) is 0.333. The molecule has 8 bridgehead atoms. The lowest BCUT2D eigenvalue weighted by Crippen LogP contribution is -2.41. The summed E-state index contributed by atoms with van der Waals surface area (Å²) < 4.78 is 17.8. The van der Waals surface area contributed by atoms with Crippen molar-refractivity contribution in [3.63, 3.8) is 0 Å². The minimum atomic E-state index is -0.347. The Kier molecular flexibility index (Phi) is 8.78. The fourth-order valence-corrected chi connectivity index (χ4v) is 6.24. The zero-order valence-corrected chi connectivity index (χ0v) is 25.7. The van der Waals surface area contributed by atoms with Crippen LogP contribution in [0.4, 0.5) is 5.95 Å². The number of carbonyl (C=O) groups is 2. The molecule has 236 valence electrons. The second-order valence-corrected chi connectivity index (χ2v) is 11.8. The molecular formula is C36H37N5O5. The number of carbonyl (C=O) groups excluding carboxylic acids is 2. The largest absolute Gasteiger partial charge is 0.494 e. The molecule has 1 saturated heterocycles. The Morgan fingerprint density at radius 1 is 0.826 bits per heavy atom. The molecule has 3 aromatic carbocycles. The van der Waals surface area contributed by atoms with Crippen molar-refractivity contribution in [2.24, 2.45) is 0 Å². The monoisotopic (exact) mass is 619 g/mol. The first-order valence-electron chi connectivity index (χ1n) is 16.0. The predicted octanol–water partition coefficient (Wildman–Crippen LogP) is 4.72. The van der Waals surface area contributed by atoms with Crippen LogP contribution < -0.4 is 19.7 Å². The maximum atomic E-state index is 14.1. The van der Waals surface area contributed by atoms with Gasteiger partial charge in [-0.25, -0.2) is 9.97 Å². The summed E-state index contributed by atoms with van der Waals surface area (Å²) in [6.45, 7) is 4.24. The van der Waals surface area contributed by atoms with E-state index >= 15 is 0 Å². The highest BCUT2D eigenvalue weighted by atomic mass is 16.5. The van der Waals surface area contributed by atoms with E-state index in [1.54, 1.807) is 12.4 Å². The zero-order chi connectivity index (χ0) is 31.3. The Morgan fingerprint density at radius 3 is 2.46 bits per heavy atom. The number of benzene rings is 3. The van der Waals surface area contributed by atoms with E-state index in [4.69, 9.17) is 14.2 Å². The van der Waals surface area contributed by atoms with E-state index in [1.165, 1.54) is 0 Å². The molecule has 5 aliphatic heterocycles. The van der Waals surface area contributed by atoms with Gasteiger partial charge >= 0.3 is 0 Å². The number of nitrogens with zero attached hydrogens (tertiary/aromatic N) is 4. The van der Waals surface area contributed by atoms with Crippen LogP contribution in [0.2, 0.25) is 0 Å². The number of hydrogen-bond donors (Lipinski definition) is 1. The number of amides is 2. The van der Waals surface area contributed by atoms with Crippen LogP contribution in [-0.4, -0.2) is 72.7 Å². The van der Waals surface area contributed by atoms with Gasteiger partial charge in [-0.2, -0.15) is 0 Å². The SMILES string of the molecule is O=C1CCc2ccc(cc2)Oc2ccc3c(c2)CCN(C(=O)c2cnc(N4CCOCC4)nc2)C3c2cccc(c2)OCCCN1. The second-order valence-electron chi connectivity index (χ2n) is 11.8. The number of rotatable bonds is 2. The molecular weight excluding hydrogens is 582 g/mol. The molecule has 0 saturated carbocycles. The first-order chi connectivity index (χ1) is 22.6. The van der Waals surface area contributed by atoms with Crippen LogP contribution >= 0.6 is 0 Å². The predicted molar refractivity (Wildman–Crippen MR) is 172 cm³/mol. The van der Waals surface area contributed by atoms with Gasteiger partial charge in [-0.1, -0.05) is 30.3 Å². The molecule has 2 amide bonds. The van der Waals surface area contributed by atoms with Crippen LogP contribution in [0.5, 0.6) is 17.2 Å². The Hall–Kier alpha value is -4.96. The van der Waals surface area contributed by atoms with E-state index in [1.807, 2.05) is 59.5 Å². The maximum absolute atomic E-state index is 14.1. The van der Waals surface area contributed by atoms with Crippen LogP contribution in [0, 0.1) is 0 Å². The van der Waals surface area contributed by atoms with Crippen molar-refractivity contribution in [1.29, 1.82) is 0 Å². The average Bonchev–Trinajstić information content (AvgIpc) is 3.10. The van der Waals surface area contributed by atoms with Crippen molar-refractivity contribution >= 4 is 17.8 Å². The van der Waals surface area contributed by atoms with Crippen LogP contribution in [0.1, 0.15) is 51.5 Å². The zero-order valence-electron chi connectivity index (χ0n) is 25.7. The summed E-state index contributed by atoms with van der Waals surface area (Å²) in [5.74, 6) is 2.68. The van der Waals surface area contributed by atoms with Crippen molar-refractivity contribution in [2.45, 2.75) is 31.7 Å². The summed E-state index contributed by atoms with van der Waals surface area (Å²) in [5, 5.41) is 2.99. The van der Waals surface area contributed by atoms with Crippen molar-refractivity contribution in [3.05, 3.63) is 107 Å². The fourth-order valence-electron chi connectivity index (χ4n) is 6.24. The number of aromatic nitrogens is 2. The van der Waals surface area contributed by atoms with Crippen LogP contribution in [0.25, 0.3) is 0 Å². The third kappa shape index (κ3) is 6.67. The van der Waals surface area contributed by atoms with Gasteiger partial charge in [0.25, 0.3) is 5.91 Å². The average molecular weight is 620 g/mol. The lowest BCUT2D eigenvalue weighted by Gasteiger charge is -2.38. The van der Waals surface area contributed by atoms with E-state index in [-0.39, 0.29) is 17.9 Å². The number of fused-ring (bicyclic) bond motifs is 1. The number of hydrogen-bond acceptors (Lipinski definition) is 8. The summed E-state index contributed by atoms with van der Waals surface area (Å²) in [6.07, 6.45) is 5.71. The molecule has 9 rings (SSSR count). The molecule has 1 N–H and O–H groups in total. The third-order valence-corrected chi connectivity index (χ3v) is 8.67. The third-order valence-electron chi connectivity index (χ3n) is 8.67. The van der Waals surface area contributed by atoms with Gasteiger partial charge in [0, 0.05) is 45.0 Å². The molecule has 0 spiro atoms. The van der Waals surface area contributed by atoms with Gasteiger partial charge in [0.2, 0.25) is 11.9 Å². The highest BCUT2D eigenvalue weighted by molar-refractivity contribution is 5.94. The molecule has 5 aliphatic rings. The summed E-state index contributed by atoms with van der Waals surface area (Å²) in [4.78, 5) is 39.6. The molecule has 6 heterocycles. The lowest BCUT2D eigenvalue weighted by atomic mass is 9.87. The van der Waals surface area contributed by atoms with E-state index in [0.717, 1.165) is 46.8 Å². The maximum Gasteiger partial charge on any atom is 0.257 e. The van der Waals surface area contributed by atoms with Crippen molar-refractivity contribution in [1.82, 2.24) is 20.2 Å². The van der Waals surface area contributed by atoms with Crippen molar-refractivity contribution in [3.8, 4) is 17.2 Å². The normalized spacial score (nSPS) is 18.6. The van der Waals surface area contributed by atoms with E-state index < -0.39 is 0 Å². The summed E-state index contributed by atoms with van der Waals surface area (Å²) >= 11 is 0. The quantitative estimate of drug-likeness (QED) is 0.344. The van der Waals surface area contributed by atoms with E-state index in [9.17, 15) is 9.59 Å². The number of anilines is 1. The minimum Gasteiger partial charge on any atom is -0.494 e. The molecule has 1 fully saturated rings. The Labute approximate surface area is 268 Å². The molecule has 1 atom stereocenters. The number of nitrogens with one attached hydrogen (secondary N) is 1. The first-order valence-corrected chi connectivity index (χ1v) is 16.0. The van der Waals surface area contributed by atoms with Gasteiger partial charge in [0.15, 0.2) is 0 Å². The molecule has 10 heteroatoms. The second kappa shape index (κ2) is 13.6. The van der Waals surface area contributed by atoms with Gasteiger partial charge in [0.05, 0.1) is 31.4 Å². The summed E-state index contributed by atoms with van der Waals surface area (Å²) in [6, 6.07) is 21.6. The van der Waals surface area contributed by atoms with Gasteiger partial charge in [-0.05, 0) is 77.9 Å². The topological polar surface area (TPSA) is 106 Å². The molecule has 0 aliphatic carbocycles. The number of morpholine rings is 1. The smallest absolute Gasteiger partial charge is 0.257 e. The highest BCUT2D eigenvalue weighted by Gasteiger charge is 2.33. The van der Waals surface area contributed by atoms with E-state index in [0.29, 0.717) is 75.9 Å². The van der Waals surface area contributed by atoms with Crippen LogP contribution in [-0.2, 0) is 22.4 Å². The van der Waals surface area contributed by atoms with Crippen LogP contribution in [0.3, 0.4) is 0 Å². The molecule has 0 radical (unpaired) electrons. The minimum absolute atomic E-state index is 0.0210.